The first-order chi connectivity index (χ1) is 8.31. The molecule has 4 nitrogen and oxygen atoms in total. The second-order valence-corrected chi connectivity index (χ2v) is 5.14. The minimum Gasteiger partial charge on any atom is -0.497 e. The van der Waals surface area contributed by atoms with Crippen LogP contribution in [0.1, 0.15) is 24.2 Å². The van der Waals surface area contributed by atoms with Gasteiger partial charge in [-0.3, -0.25) is 9.69 Å². The molecule has 0 heterocycles. The average molecular weight is 251 g/mol. The Labute approximate surface area is 108 Å². The van der Waals surface area contributed by atoms with Crippen LogP contribution in [0.5, 0.6) is 5.75 Å². The van der Waals surface area contributed by atoms with Gasteiger partial charge in [0.15, 0.2) is 5.78 Å². The summed E-state index contributed by atoms with van der Waals surface area (Å²) in [6.45, 7) is 4.17. The summed E-state index contributed by atoms with van der Waals surface area (Å²) in [6, 6.07) is 7.09. The van der Waals surface area contributed by atoms with Crippen molar-refractivity contribution >= 4 is 5.78 Å². The van der Waals surface area contributed by atoms with E-state index in [9.17, 15) is 9.90 Å². The number of methoxy groups -OCH3 is 1. The van der Waals surface area contributed by atoms with Crippen LogP contribution >= 0.6 is 0 Å². The number of likely N-dealkylation sites (N-methyl/N-ethyl adjacent to an activating group) is 1. The summed E-state index contributed by atoms with van der Waals surface area (Å²) >= 11 is 0. The highest BCUT2D eigenvalue weighted by atomic mass is 16.5. The largest absolute Gasteiger partial charge is 0.497 e. The molecule has 4 heteroatoms. The molecule has 1 N–H and O–H groups in total. The zero-order valence-corrected chi connectivity index (χ0v) is 11.4. The summed E-state index contributed by atoms with van der Waals surface area (Å²) < 4.78 is 5.08. The van der Waals surface area contributed by atoms with Gasteiger partial charge in [-0.05, 0) is 33.0 Å². The predicted octanol–water partition coefficient (Wildman–Crippen LogP) is 1.58. The van der Waals surface area contributed by atoms with Crippen molar-refractivity contribution in [2.45, 2.75) is 19.4 Å². The van der Waals surface area contributed by atoms with Gasteiger partial charge in [0.1, 0.15) is 5.75 Å². The smallest absolute Gasteiger partial charge is 0.176 e. The minimum absolute atomic E-state index is 0.0145. The normalized spacial score (nSPS) is 11.7. The summed E-state index contributed by atoms with van der Waals surface area (Å²) in [7, 11) is 3.39. The van der Waals surface area contributed by atoms with E-state index < -0.39 is 5.60 Å². The third-order valence-corrected chi connectivity index (χ3v) is 2.46. The first-order valence-corrected chi connectivity index (χ1v) is 5.90. The molecule has 0 aliphatic carbocycles. The second-order valence-electron chi connectivity index (χ2n) is 5.14. The van der Waals surface area contributed by atoms with Gasteiger partial charge in [0.2, 0.25) is 0 Å². The van der Waals surface area contributed by atoms with Gasteiger partial charge in [0.25, 0.3) is 0 Å². The molecule has 0 aliphatic heterocycles. The number of hydrogen-bond acceptors (Lipinski definition) is 4. The van der Waals surface area contributed by atoms with E-state index in [4.69, 9.17) is 4.74 Å². The van der Waals surface area contributed by atoms with Crippen molar-refractivity contribution in [1.82, 2.24) is 4.90 Å². The fraction of sp³-hybridized carbons (Fsp3) is 0.500. The molecule has 0 saturated carbocycles. The molecule has 0 fully saturated rings. The van der Waals surface area contributed by atoms with Crippen LogP contribution < -0.4 is 4.74 Å². The Kier molecular flexibility index (Phi) is 4.87. The number of nitrogens with zero attached hydrogens (tertiary/aromatic N) is 1. The van der Waals surface area contributed by atoms with Crippen LogP contribution in [0.25, 0.3) is 0 Å². The minimum atomic E-state index is -0.802. The average Bonchev–Trinajstić information content (AvgIpc) is 2.26. The van der Waals surface area contributed by atoms with Crippen molar-refractivity contribution in [3.05, 3.63) is 29.8 Å². The Hall–Kier alpha value is -1.39. The number of aliphatic hydroxyl groups is 1. The molecular weight excluding hydrogens is 230 g/mol. The summed E-state index contributed by atoms with van der Waals surface area (Å²) in [5.41, 5.74) is -0.180. The molecule has 0 unspecified atom stereocenters. The first kappa shape index (κ1) is 14.7. The number of Topliss-reactive ketones (excluding diaryl/α,β-unsaturated/α-hetero) is 1. The Morgan fingerprint density at radius 2 is 2.11 bits per heavy atom. The van der Waals surface area contributed by atoms with Gasteiger partial charge in [-0.25, -0.2) is 0 Å². The maximum atomic E-state index is 12.0. The zero-order valence-electron chi connectivity index (χ0n) is 11.4. The molecule has 1 rings (SSSR count). The number of rotatable bonds is 6. The van der Waals surface area contributed by atoms with Crippen LogP contribution in [0.4, 0.5) is 0 Å². The highest BCUT2D eigenvalue weighted by Crippen LogP contribution is 2.13. The SMILES string of the molecule is COc1cccc(C(=O)CN(C)CC(C)(C)O)c1. The lowest BCUT2D eigenvalue weighted by molar-refractivity contribution is 0.0439. The van der Waals surface area contributed by atoms with Crippen molar-refractivity contribution < 1.29 is 14.6 Å². The van der Waals surface area contributed by atoms with E-state index in [1.807, 2.05) is 11.9 Å². The van der Waals surface area contributed by atoms with Crippen molar-refractivity contribution in [2.75, 3.05) is 27.2 Å². The number of benzene rings is 1. The van der Waals surface area contributed by atoms with Gasteiger partial charge in [0, 0.05) is 12.1 Å². The summed E-state index contributed by atoms with van der Waals surface area (Å²) in [5.74, 6) is 0.687. The molecular formula is C14H21NO3. The molecule has 100 valence electrons. The highest BCUT2D eigenvalue weighted by Gasteiger charge is 2.18. The Balaban J connectivity index is 2.64. The van der Waals surface area contributed by atoms with Crippen LogP contribution in [0.15, 0.2) is 24.3 Å². The molecule has 0 amide bonds. The van der Waals surface area contributed by atoms with Gasteiger partial charge >= 0.3 is 0 Å². The third kappa shape index (κ3) is 4.85. The number of carbonyl (C=O) groups is 1. The lowest BCUT2D eigenvalue weighted by Crippen LogP contribution is -2.38. The van der Waals surface area contributed by atoms with E-state index in [-0.39, 0.29) is 12.3 Å². The fourth-order valence-corrected chi connectivity index (χ4v) is 1.85. The summed E-state index contributed by atoms with van der Waals surface area (Å²) in [6.07, 6.45) is 0. The van der Waals surface area contributed by atoms with Gasteiger partial charge in [-0.1, -0.05) is 12.1 Å². The van der Waals surface area contributed by atoms with Crippen molar-refractivity contribution in [1.29, 1.82) is 0 Å². The monoisotopic (exact) mass is 251 g/mol. The zero-order chi connectivity index (χ0) is 13.8. The highest BCUT2D eigenvalue weighted by molar-refractivity contribution is 5.97. The quantitative estimate of drug-likeness (QED) is 0.780. The molecule has 0 bridgehead atoms. The van der Waals surface area contributed by atoms with Gasteiger partial charge in [-0.2, -0.15) is 0 Å². The Morgan fingerprint density at radius 1 is 1.44 bits per heavy atom. The van der Waals surface area contributed by atoms with Crippen LogP contribution in [0.2, 0.25) is 0 Å². The van der Waals surface area contributed by atoms with Crippen LogP contribution in [-0.4, -0.2) is 48.6 Å². The molecule has 0 atom stereocenters. The molecule has 1 aromatic carbocycles. The number of hydrogen-bond donors (Lipinski definition) is 1. The van der Waals surface area contributed by atoms with E-state index in [1.54, 1.807) is 45.2 Å². The maximum absolute atomic E-state index is 12.0. The molecule has 1 aromatic rings. The van der Waals surface area contributed by atoms with Crippen molar-refractivity contribution in [3.8, 4) is 5.75 Å². The maximum Gasteiger partial charge on any atom is 0.176 e. The topological polar surface area (TPSA) is 49.8 Å². The van der Waals surface area contributed by atoms with Crippen LogP contribution in [-0.2, 0) is 0 Å². The predicted molar refractivity (Wildman–Crippen MR) is 71.1 cm³/mol. The van der Waals surface area contributed by atoms with Crippen molar-refractivity contribution in [3.63, 3.8) is 0 Å². The van der Waals surface area contributed by atoms with E-state index in [0.29, 0.717) is 17.9 Å². The molecule has 0 saturated heterocycles. The van der Waals surface area contributed by atoms with Gasteiger partial charge in [-0.15, -0.1) is 0 Å². The van der Waals surface area contributed by atoms with E-state index in [0.717, 1.165) is 0 Å². The number of carbonyl (C=O) groups excluding carboxylic acids is 1. The van der Waals surface area contributed by atoms with Gasteiger partial charge in [0.05, 0.1) is 19.3 Å². The van der Waals surface area contributed by atoms with E-state index >= 15 is 0 Å². The number of ether oxygens (including phenoxy) is 1. The third-order valence-electron chi connectivity index (χ3n) is 2.46. The summed E-state index contributed by atoms with van der Waals surface area (Å²) in [5, 5.41) is 9.68. The molecule has 18 heavy (non-hydrogen) atoms. The molecule has 0 spiro atoms. The Bertz CT molecular complexity index is 410. The lowest BCUT2D eigenvalue weighted by atomic mass is 10.1. The molecule has 0 aliphatic rings. The number of ketones is 1. The van der Waals surface area contributed by atoms with E-state index in [1.165, 1.54) is 0 Å². The lowest BCUT2D eigenvalue weighted by Gasteiger charge is -2.24. The Morgan fingerprint density at radius 3 is 2.67 bits per heavy atom. The van der Waals surface area contributed by atoms with Crippen LogP contribution in [0, 0.1) is 0 Å². The second kappa shape index (κ2) is 5.98. The standard InChI is InChI=1S/C14H21NO3/c1-14(2,17)10-15(3)9-13(16)11-6-5-7-12(8-11)18-4/h5-8,17H,9-10H2,1-4H3. The van der Waals surface area contributed by atoms with Crippen molar-refractivity contribution in [2.24, 2.45) is 0 Å². The molecule has 0 radical (unpaired) electrons. The summed E-state index contributed by atoms with van der Waals surface area (Å²) in [4.78, 5) is 13.8. The van der Waals surface area contributed by atoms with Crippen LogP contribution in [0.3, 0.4) is 0 Å². The molecule has 0 aromatic heterocycles. The van der Waals surface area contributed by atoms with E-state index in [2.05, 4.69) is 0 Å². The first-order valence-electron chi connectivity index (χ1n) is 5.90. The fourth-order valence-electron chi connectivity index (χ4n) is 1.85. The van der Waals surface area contributed by atoms with Gasteiger partial charge < -0.3 is 9.84 Å².